The first-order valence-corrected chi connectivity index (χ1v) is 7.65. The van der Waals surface area contributed by atoms with Gasteiger partial charge in [-0.15, -0.1) is 0 Å². The zero-order chi connectivity index (χ0) is 14.5. The normalized spacial score (nSPS) is 21.7. The zero-order valence-corrected chi connectivity index (χ0v) is 12.1. The number of hydrogen-bond donors (Lipinski definition) is 0. The Morgan fingerprint density at radius 1 is 0.857 bits per heavy atom. The van der Waals surface area contributed by atoms with Crippen LogP contribution in [0.3, 0.4) is 0 Å². The fraction of sp³-hybridized carbons (Fsp3) is 0.316. The number of carbonyl (C=O) groups is 1. The number of benzene rings is 2. The second-order valence-corrected chi connectivity index (χ2v) is 5.61. The smallest absolute Gasteiger partial charge is 0.338 e. The Labute approximate surface area is 125 Å². The third-order valence-electron chi connectivity index (χ3n) is 4.20. The Bertz CT molecular complexity index is 577. The van der Waals surface area contributed by atoms with Crippen molar-refractivity contribution in [2.24, 2.45) is 0 Å². The van der Waals surface area contributed by atoms with E-state index < -0.39 is 0 Å². The van der Waals surface area contributed by atoms with Gasteiger partial charge in [-0.2, -0.15) is 0 Å². The summed E-state index contributed by atoms with van der Waals surface area (Å²) in [4.78, 5) is 12.3. The second-order valence-electron chi connectivity index (χ2n) is 5.61. The fourth-order valence-electron chi connectivity index (χ4n) is 3.10. The van der Waals surface area contributed by atoms with Crippen molar-refractivity contribution >= 4 is 5.97 Å². The fourth-order valence-corrected chi connectivity index (χ4v) is 3.10. The molecule has 0 aliphatic heterocycles. The molecule has 1 saturated carbocycles. The molecule has 2 heteroatoms. The van der Waals surface area contributed by atoms with Crippen molar-refractivity contribution in [2.75, 3.05) is 0 Å². The third kappa shape index (κ3) is 3.33. The van der Waals surface area contributed by atoms with Crippen molar-refractivity contribution in [1.82, 2.24) is 0 Å². The summed E-state index contributed by atoms with van der Waals surface area (Å²) in [5, 5.41) is 0. The summed E-state index contributed by atoms with van der Waals surface area (Å²) in [6.45, 7) is 0. The van der Waals surface area contributed by atoms with Gasteiger partial charge in [0.25, 0.3) is 0 Å². The first-order valence-electron chi connectivity index (χ1n) is 7.65. The summed E-state index contributed by atoms with van der Waals surface area (Å²) in [5.41, 5.74) is 1.91. The van der Waals surface area contributed by atoms with Gasteiger partial charge >= 0.3 is 5.97 Å². The monoisotopic (exact) mass is 280 g/mol. The molecule has 0 aromatic heterocycles. The van der Waals surface area contributed by atoms with Gasteiger partial charge in [-0.3, -0.25) is 0 Å². The molecule has 108 valence electrons. The number of carbonyl (C=O) groups excluding carboxylic acids is 1. The first kappa shape index (κ1) is 13.9. The lowest BCUT2D eigenvalue weighted by Gasteiger charge is -2.31. The van der Waals surface area contributed by atoms with E-state index in [1.165, 1.54) is 12.0 Å². The highest BCUT2D eigenvalue weighted by Crippen LogP contribution is 2.35. The molecule has 1 aliphatic carbocycles. The van der Waals surface area contributed by atoms with Crippen LogP contribution in [0.2, 0.25) is 0 Å². The molecule has 2 unspecified atom stereocenters. The Hall–Kier alpha value is -2.09. The lowest BCUT2D eigenvalue weighted by molar-refractivity contribution is 0.0142. The van der Waals surface area contributed by atoms with Crippen molar-refractivity contribution in [3.05, 3.63) is 71.8 Å². The van der Waals surface area contributed by atoms with Gasteiger partial charge in [0.1, 0.15) is 6.10 Å². The van der Waals surface area contributed by atoms with E-state index in [2.05, 4.69) is 24.3 Å². The summed E-state index contributed by atoms with van der Waals surface area (Å²) >= 11 is 0. The molecule has 2 aromatic rings. The highest BCUT2D eigenvalue weighted by Gasteiger charge is 2.29. The Kier molecular flexibility index (Phi) is 4.34. The van der Waals surface area contributed by atoms with Gasteiger partial charge in [0.2, 0.25) is 0 Å². The maximum Gasteiger partial charge on any atom is 0.338 e. The van der Waals surface area contributed by atoms with Gasteiger partial charge in [0.15, 0.2) is 0 Å². The van der Waals surface area contributed by atoms with E-state index in [1.807, 2.05) is 36.4 Å². The van der Waals surface area contributed by atoms with Crippen LogP contribution >= 0.6 is 0 Å². The van der Waals surface area contributed by atoms with E-state index >= 15 is 0 Å². The summed E-state index contributed by atoms with van der Waals surface area (Å²) in [6.07, 6.45) is 4.39. The van der Waals surface area contributed by atoms with Crippen LogP contribution in [0.15, 0.2) is 60.7 Å². The molecule has 0 spiro atoms. The molecule has 2 nitrogen and oxygen atoms in total. The molecule has 0 N–H and O–H groups in total. The Morgan fingerprint density at radius 2 is 1.48 bits per heavy atom. The molecule has 21 heavy (non-hydrogen) atoms. The molecule has 1 fully saturated rings. The number of esters is 1. The van der Waals surface area contributed by atoms with Crippen molar-refractivity contribution in [2.45, 2.75) is 37.7 Å². The predicted molar refractivity (Wildman–Crippen MR) is 83.3 cm³/mol. The van der Waals surface area contributed by atoms with Crippen molar-refractivity contribution < 1.29 is 9.53 Å². The molecule has 0 saturated heterocycles. The highest BCUT2D eigenvalue weighted by molar-refractivity contribution is 5.89. The van der Waals surface area contributed by atoms with E-state index in [9.17, 15) is 4.79 Å². The van der Waals surface area contributed by atoms with Crippen LogP contribution in [-0.4, -0.2) is 12.1 Å². The minimum absolute atomic E-state index is 0.00569. The lowest BCUT2D eigenvalue weighted by Crippen LogP contribution is -2.28. The SMILES string of the molecule is O=C(OC1CCCCC1c1ccccc1)c1ccccc1. The Balaban J connectivity index is 1.75. The average Bonchev–Trinajstić information content (AvgIpc) is 2.57. The average molecular weight is 280 g/mol. The second kappa shape index (κ2) is 6.57. The van der Waals surface area contributed by atoms with Gasteiger partial charge in [-0.1, -0.05) is 55.0 Å². The van der Waals surface area contributed by atoms with E-state index in [0.29, 0.717) is 11.5 Å². The molecule has 0 radical (unpaired) electrons. The molecule has 0 amide bonds. The zero-order valence-electron chi connectivity index (χ0n) is 12.1. The van der Waals surface area contributed by atoms with Crippen LogP contribution < -0.4 is 0 Å². The van der Waals surface area contributed by atoms with Crippen LogP contribution in [0, 0.1) is 0 Å². The molecule has 0 bridgehead atoms. The van der Waals surface area contributed by atoms with Crippen molar-refractivity contribution in [1.29, 1.82) is 0 Å². The van der Waals surface area contributed by atoms with Gasteiger partial charge in [-0.05, 0) is 37.0 Å². The molecule has 2 aromatic carbocycles. The van der Waals surface area contributed by atoms with Crippen LogP contribution in [0.4, 0.5) is 0 Å². The third-order valence-corrected chi connectivity index (χ3v) is 4.20. The number of hydrogen-bond acceptors (Lipinski definition) is 2. The molecule has 2 atom stereocenters. The summed E-state index contributed by atoms with van der Waals surface area (Å²) in [6, 6.07) is 19.7. The summed E-state index contributed by atoms with van der Waals surface area (Å²) < 4.78 is 5.81. The van der Waals surface area contributed by atoms with Gasteiger partial charge < -0.3 is 4.74 Å². The van der Waals surface area contributed by atoms with Crippen LogP contribution in [0.1, 0.15) is 47.5 Å². The minimum atomic E-state index is -0.205. The van der Waals surface area contributed by atoms with Gasteiger partial charge in [-0.25, -0.2) is 4.79 Å². The summed E-state index contributed by atoms with van der Waals surface area (Å²) in [5.74, 6) is 0.121. The van der Waals surface area contributed by atoms with E-state index in [1.54, 1.807) is 0 Å². The van der Waals surface area contributed by atoms with Gasteiger partial charge in [0.05, 0.1) is 5.56 Å². The first-order chi connectivity index (χ1) is 10.3. The topological polar surface area (TPSA) is 26.3 Å². The summed E-state index contributed by atoms with van der Waals surface area (Å²) in [7, 11) is 0. The molecule has 1 aliphatic rings. The predicted octanol–water partition coefficient (Wildman–Crippen LogP) is 4.57. The van der Waals surface area contributed by atoms with E-state index in [4.69, 9.17) is 4.74 Å². The molecule has 0 heterocycles. The van der Waals surface area contributed by atoms with Crippen LogP contribution in [0.25, 0.3) is 0 Å². The Morgan fingerprint density at radius 3 is 2.19 bits per heavy atom. The van der Waals surface area contributed by atoms with Crippen molar-refractivity contribution in [3.8, 4) is 0 Å². The minimum Gasteiger partial charge on any atom is -0.458 e. The van der Waals surface area contributed by atoms with Crippen LogP contribution in [-0.2, 0) is 4.74 Å². The molecular formula is C19H20O2. The lowest BCUT2D eigenvalue weighted by atomic mass is 9.81. The number of rotatable bonds is 3. The quantitative estimate of drug-likeness (QED) is 0.770. The molecule has 3 rings (SSSR count). The standard InChI is InChI=1S/C19H20O2/c20-19(16-11-5-2-6-12-16)21-18-14-8-7-13-17(18)15-9-3-1-4-10-15/h1-6,9-12,17-18H,7-8,13-14H2. The van der Waals surface area contributed by atoms with E-state index in [-0.39, 0.29) is 12.1 Å². The number of ether oxygens (including phenoxy) is 1. The molecular weight excluding hydrogens is 260 g/mol. The highest BCUT2D eigenvalue weighted by atomic mass is 16.5. The maximum absolute atomic E-state index is 12.3. The van der Waals surface area contributed by atoms with E-state index in [0.717, 1.165) is 19.3 Å². The van der Waals surface area contributed by atoms with Crippen LogP contribution in [0.5, 0.6) is 0 Å². The largest absolute Gasteiger partial charge is 0.458 e. The van der Waals surface area contributed by atoms with Gasteiger partial charge in [0, 0.05) is 5.92 Å². The maximum atomic E-state index is 12.3. The van der Waals surface area contributed by atoms with Crippen molar-refractivity contribution in [3.63, 3.8) is 0 Å².